The normalized spacial score (nSPS) is 15.6. The number of carbonyl (C=O) groups is 1. The van der Waals surface area contributed by atoms with Gasteiger partial charge in [-0.25, -0.2) is 0 Å². The van der Waals surface area contributed by atoms with Gasteiger partial charge in [-0.05, 0) is 67.9 Å². The fraction of sp³-hybridized carbons (Fsp3) is 0.400. The lowest BCUT2D eigenvalue weighted by atomic mass is 10.0. The second-order valence-corrected chi connectivity index (χ2v) is 7.57. The van der Waals surface area contributed by atoms with E-state index in [2.05, 4.69) is 28.9 Å². The molecule has 1 N–H and O–H groups in total. The van der Waals surface area contributed by atoms with Gasteiger partial charge in [0.2, 0.25) is 0 Å². The van der Waals surface area contributed by atoms with E-state index in [1.807, 2.05) is 24.3 Å². The Hall–Kier alpha value is -2.79. The third-order valence-electron chi connectivity index (χ3n) is 5.52. The van der Waals surface area contributed by atoms with Crippen LogP contribution in [0, 0.1) is 0 Å². The monoisotopic (exact) mass is 408 g/mol. The zero-order chi connectivity index (χ0) is 21.2. The molecule has 1 saturated heterocycles. The van der Waals surface area contributed by atoms with E-state index in [0.29, 0.717) is 18.7 Å². The summed E-state index contributed by atoms with van der Waals surface area (Å²) < 4.78 is 10.8. The maximum absolute atomic E-state index is 12.8. The average molecular weight is 409 g/mol. The molecule has 160 valence electrons. The summed E-state index contributed by atoms with van der Waals surface area (Å²) >= 11 is 0. The first-order valence-electron chi connectivity index (χ1n) is 10.7. The quantitative estimate of drug-likeness (QED) is 0.616. The van der Waals surface area contributed by atoms with E-state index in [1.54, 1.807) is 25.3 Å². The van der Waals surface area contributed by atoms with Crippen LogP contribution in [0.2, 0.25) is 0 Å². The Kier molecular flexibility index (Phi) is 8.33. The zero-order valence-electron chi connectivity index (χ0n) is 17.8. The molecule has 1 aliphatic rings. The molecule has 0 bridgehead atoms. The van der Waals surface area contributed by atoms with Gasteiger partial charge >= 0.3 is 0 Å². The molecule has 0 radical (unpaired) electrons. The number of ether oxygens (including phenoxy) is 2. The summed E-state index contributed by atoms with van der Waals surface area (Å²) in [6.45, 7) is 6.77. The summed E-state index contributed by atoms with van der Waals surface area (Å²) in [7, 11) is 1.68. The number of amides is 1. The lowest BCUT2D eigenvalue weighted by molar-refractivity contribution is 0.0933. The Morgan fingerprint density at radius 3 is 2.27 bits per heavy atom. The van der Waals surface area contributed by atoms with Crippen molar-refractivity contribution in [1.29, 1.82) is 0 Å². The molecule has 5 nitrogen and oxygen atoms in total. The van der Waals surface area contributed by atoms with Crippen molar-refractivity contribution in [2.45, 2.75) is 31.7 Å². The van der Waals surface area contributed by atoms with E-state index in [-0.39, 0.29) is 11.9 Å². The minimum absolute atomic E-state index is 0.0707. The first-order valence-corrected chi connectivity index (χ1v) is 10.7. The van der Waals surface area contributed by atoms with Crippen LogP contribution in [0.3, 0.4) is 0 Å². The van der Waals surface area contributed by atoms with Gasteiger partial charge in [0.1, 0.15) is 18.1 Å². The van der Waals surface area contributed by atoms with Gasteiger partial charge in [-0.3, -0.25) is 9.69 Å². The third kappa shape index (κ3) is 6.10. The number of rotatable bonds is 9. The van der Waals surface area contributed by atoms with E-state index in [0.717, 1.165) is 24.6 Å². The number of benzene rings is 2. The van der Waals surface area contributed by atoms with Crippen LogP contribution in [0.1, 0.15) is 47.6 Å². The number of likely N-dealkylation sites (tertiary alicyclic amines) is 1. The van der Waals surface area contributed by atoms with Gasteiger partial charge in [-0.1, -0.05) is 37.6 Å². The lowest BCUT2D eigenvalue weighted by Gasteiger charge is -2.31. The lowest BCUT2D eigenvalue weighted by Crippen LogP contribution is -2.38. The second kappa shape index (κ2) is 11.4. The number of methoxy groups -OCH3 is 1. The zero-order valence-corrected chi connectivity index (χ0v) is 17.8. The van der Waals surface area contributed by atoms with Crippen LogP contribution in [0.5, 0.6) is 11.5 Å². The molecule has 0 aromatic heterocycles. The maximum Gasteiger partial charge on any atom is 0.251 e. The Labute approximate surface area is 179 Å². The predicted molar refractivity (Wildman–Crippen MR) is 120 cm³/mol. The summed E-state index contributed by atoms with van der Waals surface area (Å²) in [5.74, 6) is 1.50. The standard InChI is InChI=1S/C25H32N2O3/c1-3-18-30-23-14-10-21(11-15-23)25(28)26-19-24(27-16-6-4-5-7-17-27)20-8-12-22(29-2)13-9-20/h3,8-15,24H,1,4-7,16-19H2,2H3,(H,26,28)/t24-/m0/s1. The SMILES string of the molecule is C=CCOc1ccc(C(=O)NC[C@@H](c2ccc(OC)cc2)N2CCCCCC2)cc1. The Morgan fingerprint density at radius 1 is 1.03 bits per heavy atom. The molecular formula is C25H32N2O3. The molecule has 0 saturated carbocycles. The molecule has 0 aliphatic carbocycles. The van der Waals surface area contributed by atoms with Crippen LogP contribution in [0.25, 0.3) is 0 Å². The van der Waals surface area contributed by atoms with Crippen LogP contribution in [-0.4, -0.2) is 44.2 Å². The number of carbonyl (C=O) groups excluding carboxylic acids is 1. The minimum Gasteiger partial charge on any atom is -0.497 e. The molecule has 2 aromatic rings. The van der Waals surface area contributed by atoms with E-state index in [1.165, 1.54) is 31.2 Å². The summed E-state index contributed by atoms with van der Waals surface area (Å²) in [4.78, 5) is 15.3. The summed E-state index contributed by atoms with van der Waals surface area (Å²) in [6.07, 6.45) is 6.65. The number of hydrogen-bond acceptors (Lipinski definition) is 4. The van der Waals surface area contributed by atoms with Gasteiger partial charge in [-0.15, -0.1) is 0 Å². The van der Waals surface area contributed by atoms with E-state index in [4.69, 9.17) is 9.47 Å². The first kappa shape index (κ1) is 21.9. The van der Waals surface area contributed by atoms with Crippen molar-refractivity contribution in [3.05, 3.63) is 72.3 Å². The highest BCUT2D eigenvalue weighted by atomic mass is 16.5. The Bertz CT molecular complexity index is 794. The van der Waals surface area contributed by atoms with Crippen LogP contribution < -0.4 is 14.8 Å². The average Bonchev–Trinajstić information content (AvgIpc) is 3.08. The molecule has 30 heavy (non-hydrogen) atoms. The van der Waals surface area contributed by atoms with E-state index in [9.17, 15) is 4.79 Å². The van der Waals surface area contributed by atoms with E-state index >= 15 is 0 Å². The molecule has 1 heterocycles. The van der Waals surface area contributed by atoms with Gasteiger partial charge in [0.15, 0.2) is 0 Å². The van der Waals surface area contributed by atoms with Crippen molar-refractivity contribution in [1.82, 2.24) is 10.2 Å². The molecule has 0 unspecified atom stereocenters. The molecule has 1 amide bonds. The van der Waals surface area contributed by atoms with Crippen molar-refractivity contribution in [3.8, 4) is 11.5 Å². The highest BCUT2D eigenvalue weighted by Crippen LogP contribution is 2.26. The molecule has 1 aliphatic heterocycles. The smallest absolute Gasteiger partial charge is 0.251 e. The van der Waals surface area contributed by atoms with Gasteiger partial charge in [-0.2, -0.15) is 0 Å². The molecule has 1 atom stereocenters. The predicted octanol–water partition coefficient (Wildman–Crippen LogP) is 4.61. The number of nitrogens with zero attached hydrogens (tertiary/aromatic N) is 1. The van der Waals surface area contributed by atoms with Crippen LogP contribution >= 0.6 is 0 Å². The topological polar surface area (TPSA) is 50.8 Å². The van der Waals surface area contributed by atoms with Gasteiger partial charge in [0.05, 0.1) is 13.2 Å². The highest BCUT2D eigenvalue weighted by molar-refractivity contribution is 5.94. The second-order valence-electron chi connectivity index (χ2n) is 7.57. The molecule has 1 fully saturated rings. The fourth-order valence-electron chi connectivity index (χ4n) is 3.84. The summed E-state index contributed by atoms with van der Waals surface area (Å²) in [6, 6.07) is 15.5. The van der Waals surface area contributed by atoms with Crippen molar-refractivity contribution in [3.63, 3.8) is 0 Å². The van der Waals surface area contributed by atoms with Crippen molar-refractivity contribution in [2.24, 2.45) is 0 Å². The highest BCUT2D eigenvalue weighted by Gasteiger charge is 2.22. The Balaban J connectivity index is 1.68. The minimum atomic E-state index is -0.0707. The van der Waals surface area contributed by atoms with Gasteiger partial charge in [0, 0.05) is 12.1 Å². The van der Waals surface area contributed by atoms with Crippen LogP contribution in [-0.2, 0) is 0 Å². The van der Waals surface area contributed by atoms with E-state index < -0.39 is 0 Å². The van der Waals surface area contributed by atoms with Crippen molar-refractivity contribution < 1.29 is 14.3 Å². The Morgan fingerprint density at radius 2 is 1.67 bits per heavy atom. The molecule has 5 heteroatoms. The fourth-order valence-corrected chi connectivity index (χ4v) is 3.84. The molecule has 0 spiro atoms. The summed E-state index contributed by atoms with van der Waals surface area (Å²) in [5, 5.41) is 3.14. The third-order valence-corrected chi connectivity index (χ3v) is 5.52. The van der Waals surface area contributed by atoms with Crippen molar-refractivity contribution >= 4 is 5.91 Å². The number of nitrogens with one attached hydrogen (secondary N) is 1. The number of hydrogen-bond donors (Lipinski definition) is 1. The van der Waals surface area contributed by atoms with Gasteiger partial charge < -0.3 is 14.8 Å². The van der Waals surface area contributed by atoms with Crippen LogP contribution in [0.4, 0.5) is 0 Å². The first-order chi connectivity index (χ1) is 14.7. The molecular weight excluding hydrogens is 376 g/mol. The van der Waals surface area contributed by atoms with Gasteiger partial charge in [0.25, 0.3) is 5.91 Å². The largest absolute Gasteiger partial charge is 0.497 e. The maximum atomic E-state index is 12.8. The summed E-state index contributed by atoms with van der Waals surface area (Å²) in [5.41, 5.74) is 1.83. The molecule has 3 rings (SSSR count). The van der Waals surface area contributed by atoms with Crippen LogP contribution in [0.15, 0.2) is 61.2 Å². The molecule has 2 aromatic carbocycles. The van der Waals surface area contributed by atoms with Crippen molar-refractivity contribution in [2.75, 3.05) is 33.4 Å².